The van der Waals surface area contributed by atoms with Crippen molar-refractivity contribution in [3.8, 4) is 11.3 Å². The third kappa shape index (κ3) is 3.44. The monoisotopic (exact) mass is 377 g/mol. The van der Waals surface area contributed by atoms with Crippen molar-refractivity contribution in [3.63, 3.8) is 0 Å². The van der Waals surface area contributed by atoms with Crippen LogP contribution in [-0.2, 0) is 0 Å². The number of nitrogens with one attached hydrogen (secondary N) is 3. The van der Waals surface area contributed by atoms with Gasteiger partial charge in [0.05, 0.1) is 17.1 Å². The van der Waals surface area contributed by atoms with Gasteiger partial charge in [0.1, 0.15) is 11.6 Å². The molecule has 0 spiro atoms. The fourth-order valence-corrected chi connectivity index (χ4v) is 3.07. The molecule has 0 saturated carbocycles. The van der Waals surface area contributed by atoms with Crippen LogP contribution in [0.25, 0.3) is 22.2 Å². The van der Waals surface area contributed by atoms with Crippen molar-refractivity contribution in [1.82, 2.24) is 4.98 Å². The van der Waals surface area contributed by atoms with E-state index in [-0.39, 0.29) is 5.69 Å². The molecule has 0 atom stereocenters. The minimum Gasteiger partial charge on any atom is -0.353 e. The van der Waals surface area contributed by atoms with Gasteiger partial charge in [-0.1, -0.05) is 48.0 Å². The number of para-hydroxylation sites is 1. The first-order chi connectivity index (χ1) is 13.5. The van der Waals surface area contributed by atoms with E-state index in [1.54, 1.807) is 0 Å². The number of benzene rings is 3. The van der Waals surface area contributed by atoms with Crippen molar-refractivity contribution in [3.05, 3.63) is 83.9 Å². The highest BCUT2D eigenvalue weighted by atomic mass is 19.1. The van der Waals surface area contributed by atoms with Crippen LogP contribution >= 0.6 is 0 Å². The summed E-state index contributed by atoms with van der Waals surface area (Å²) in [6, 6.07) is 17.6. The van der Waals surface area contributed by atoms with E-state index in [0.717, 1.165) is 45.9 Å². The highest BCUT2D eigenvalue weighted by molar-refractivity contribution is 6.10. The molecule has 3 N–H and O–H groups in total. The summed E-state index contributed by atoms with van der Waals surface area (Å²) in [7, 11) is 0. The van der Waals surface area contributed by atoms with Crippen LogP contribution in [0.4, 0.5) is 25.0 Å². The summed E-state index contributed by atoms with van der Waals surface area (Å²) in [6.07, 6.45) is 0. The lowest BCUT2D eigenvalue weighted by Crippen LogP contribution is -2.20. The van der Waals surface area contributed by atoms with Gasteiger partial charge >= 0.3 is 6.03 Å². The maximum absolute atomic E-state index is 13.8. The van der Waals surface area contributed by atoms with Crippen molar-refractivity contribution in [1.29, 1.82) is 0 Å². The first-order valence-corrected chi connectivity index (χ1v) is 8.72. The van der Waals surface area contributed by atoms with E-state index in [4.69, 9.17) is 0 Å². The highest BCUT2D eigenvalue weighted by Crippen LogP contribution is 2.35. The quantitative estimate of drug-likeness (QED) is 0.399. The largest absolute Gasteiger partial charge is 0.353 e. The van der Waals surface area contributed by atoms with Crippen LogP contribution in [0.1, 0.15) is 5.56 Å². The molecule has 1 heterocycles. The summed E-state index contributed by atoms with van der Waals surface area (Å²) in [5.41, 5.74) is 3.94. The molecule has 1 aromatic heterocycles. The molecule has 0 radical (unpaired) electrons. The van der Waals surface area contributed by atoms with Crippen LogP contribution in [0.5, 0.6) is 0 Å². The number of aromatic amines is 1. The number of hydrogen-bond acceptors (Lipinski definition) is 1. The molecule has 0 aliphatic rings. The third-order valence-electron chi connectivity index (χ3n) is 4.46. The number of rotatable bonds is 3. The van der Waals surface area contributed by atoms with E-state index in [9.17, 15) is 13.6 Å². The SMILES string of the molecule is Cc1ccc(-c2[nH]c3ccccc3c2NC(=O)Nc2cc(F)ccc2F)cc1. The predicted octanol–water partition coefficient (Wildman–Crippen LogP) is 6.07. The van der Waals surface area contributed by atoms with Crippen molar-refractivity contribution < 1.29 is 13.6 Å². The Balaban J connectivity index is 1.71. The molecule has 4 rings (SSSR count). The molecule has 0 unspecified atom stereocenters. The van der Waals surface area contributed by atoms with Gasteiger partial charge in [0.15, 0.2) is 0 Å². The minimum absolute atomic E-state index is 0.228. The molecule has 0 aliphatic heterocycles. The maximum atomic E-state index is 13.8. The number of urea groups is 1. The van der Waals surface area contributed by atoms with Crippen molar-refractivity contribution in [2.75, 3.05) is 10.6 Å². The summed E-state index contributed by atoms with van der Waals surface area (Å²) in [5, 5.41) is 5.95. The van der Waals surface area contributed by atoms with E-state index in [1.807, 2.05) is 55.5 Å². The van der Waals surface area contributed by atoms with Crippen molar-refractivity contribution >= 4 is 28.3 Å². The van der Waals surface area contributed by atoms with Gasteiger partial charge in [-0.3, -0.25) is 0 Å². The molecule has 6 heteroatoms. The second-order valence-electron chi connectivity index (χ2n) is 6.49. The van der Waals surface area contributed by atoms with Gasteiger partial charge in [0, 0.05) is 22.5 Å². The van der Waals surface area contributed by atoms with E-state index in [1.165, 1.54) is 0 Å². The summed E-state index contributed by atoms with van der Waals surface area (Å²) in [5.74, 6) is -1.35. The Bertz CT molecular complexity index is 1170. The van der Waals surface area contributed by atoms with Gasteiger partial charge in [-0.15, -0.1) is 0 Å². The number of amides is 2. The van der Waals surface area contributed by atoms with Crippen LogP contribution in [0.15, 0.2) is 66.7 Å². The number of carbonyl (C=O) groups excluding carboxylic acids is 1. The van der Waals surface area contributed by atoms with Crippen LogP contribution in [0.3, 0.4) is 0 Å². The Morgan fingerprint density at radius 3 is 2.46 bits per heavy atom. The maximum Gasteiger partial charge on any atom is 0.323 e. The third-order valence-corrected chi connectivity index (χ3v) is 4.46. The van der Waals surface area contributed by atoms with Crippen LogP contribution in [0.2, 0.25) is 0 Å². The molecule has 0 saturated heterocycles. The first kappa shape index (κ1) is 17.7. The number of H-pyrrole nitrogens is 1. The summed E-state index contributed by atoms with van der Waals surface area (Å²) >= 11 is 0. The molecule has 140 valence electrons. The Kier molecular flexibility index (Phi) is 4.53. The molecule has 2 amide bonds. The van der Waals surface area contributed by atoms with Gasteiger partial charge in [0.25, 0.3) is 0 Å². The fraction of sp³-hybridized carbons (Fsp3) is 0.0455. The number of carbonyl (C=O) groups is 1. The minimum atomic E-state index is -0.714. The van der Waals surface area contributed by atoms with Gasteiger partial charge in [0.2, 0.25) is 0 Å². The molecule has 0 fully saturated rings. The summed E-state index contributed by atoms with van der Waals surface area (Å²) < 4.78 is 27.2. The zero-order valence-electron chi connectivity index (χ0n) is 15.0. The van der Waals surface area contributed by atoms with Gasteiger partial charge in [-0.25, -0.2) is 13.6 Å². The van der Waals surface area contributed by atoms with E-state index < -0.39 is 17.7 Å². The second-order valence-corrected chi connectivity index (χ2v) is 6.49. The van der Waals surface area contributed by atoms with Gasteiger partial charge in [-0.2, -0.15) is 0 Å². The number of halogens is 2. The average Bonchev–Trinajstić information content (AvgIpc) is 3.04. The van der Waals surface area contributed by atoms with Gasteiger partial charge < -0.3 is 15.6 Å². The lowest BCUT2D eigenvalue weighted by Gasteiger charge is -2.10. The highest BCUT2D eigenvalue weighted by Gasteiger charge is 2.16. The van der Waals surface area contributed by atoms with Crippen molar-refractivity contribution in [2.24, 2.45) is 0 Å². The Morgan fingerprint density at radius 1 is 0.929 bits per heavy atom. The van der Waals surface area contributed by atoms with E-state index >= 15 is 0 Å². The fourth-order valence-electron chi connectivity index (χ4n) is 3.07. The normalized spacial score (nSPS) is 10.8. The van der Waals surface area contributed by atoms with Crippen molar-refractivity contribution in [2.45, 2.75) is 6.92 Å². The molecular formula is C22H17F2N3O. The second kappa shape index (κ2) is 7.15. The number of aromatic nitrogens is 1. The molecule has 0 aliphatic carbocycles. The Labute approximate surface area is 160 Å². The average molecular weight is 377 g/mol. The summed E-state index contributed by atoms with van der Waals surface area (Å²) in [6.45, 7) is 2.00. The van der Waals surface area contributed by atoms with Crippen LogP contribution in [0, 0.1) is 18.6 Å². The first-order valence-electron chi connectivity index (χ1n) is 8.72. The van der Waals surface area contributed by atoms with E-state index in [0.29, 0.717) is 5.69 Å². The van der Waals surface area contributed by atoms with E-state index in [2.05, 4.69) is 15.6 Å². The number of aryl methyl sites for hydroxylation is 1. The lowest BCUT2D eigenvalue weighted by molar-refractivity contribution is 0.262. The molecular weight excluding hydrogens is 360 g/mol. The van der Waals surface area contributed by atoms with Crippen LogP contribution < -0.4 is 10.6 Å². The Morgan fingerprint density at radius 2 is 1.68 bits per heavy atom. The molecule has 0 bridgehead atoms. The summed E-state index contributed by atoms with van der Waals surface area (Å²) in [4.78, 5) is 15.8. The van der Waals surface area contributed by atoms with Crippen LogP contribution in [-0.4, -0.2) is 11.0 Å². The Hall–Kier alpha value is -3.67. The zero-order valence-corrected chi connectivity index (χ0v) is 15.0. The van der Waals surface area contributed by atoms with Gasteiger partial charge in [-0.05, 0) is 25.1 Å². The zero-order chi connectivity index (χ0) is 19.7. The topological polar surface area (TPSA) is 56.9 Å². The molecule has 4 aromatic rings. The number of hydrogen-bond donors (Lipinski definition) is 3. The predicted molar refractivity (Wildman–Crippen MR) is 107 cm³/mol. The standard InChI is InChI=1S/C22H17F2N3O/c1-13-6-8-14(9-7-13)20-21(16-4-2-3-5-18(16)25-20)27-22(28)26-19-12-15(23)10-11-17(19)24/h2-12,25H,1H3,(H2,26,27,28). The number of anilines is 2. The lowest BCUT2D eigenvalue weighted by atomic mass is 10.1. The molecule has 28 heavy (non-hydrogen) atoms. The molecule has 3 aromatic carbocycles. The molecule has 4 nitrogen and oxygen atoms in total. The smallest absolute Gasteiger partial charge is 0.323 e. The number of fused-ring (bicyclic) bond motifs is 1.